The number of carbonyl (C=O) groups is 1. The van der Waals surface area contributed by atoms with Gasteiger partial charge < -0.3 is 9.88 Å². The van der Waals surface area contributed by atoms with Crippen LogP contribution in [0.5, 0.6) is 0 Å². The zero-order chi connectivity index (χ0) is 22.3. The van der Waals surface area contributed by atoms with Crippen molar-refractivity contribution in [2.24, 2.45) is 0 Å². The van der Waals surface area contributed by atoms with Gasteiger partial charge in [0.1, 0.15) is 17.5 Å². The largest absolute Gasteiger partial charge is 0.352 e. The molecule has 0 saturated carbocycles. The highest BCUT2D eigenvalue weighted by Crippen LogP contribution is 2.15. The molecule has 4 rings (SSSR count). The molecule has 3 aromatic rings. The van der Waals surface area contributed by atoms with Crippen LogP contribution in [-0.4, -0.2) is 51.8 Å². The zero-order valence-corrected chi connectivity index (χ0v) is 18.4. The molecule has 0 unspecified atom stereocenters. The molecule has 2 heterocycles. The zero-order valence-electron chi connectivity index (χ0n) is 17.7. The molecule has 32 heavy (non-hydrogen) atoms. The van der Waals surface area contributed by atoms with Gasteiger partial charge in [0.05, 0.1) is 0 Å². The van der Waals surface area contributed by atoms with Gasteiger partial charge in [-0.3, -0.25) is 9.69 Å². The Bertz CT molecular complexity index is 1080. The third-order valence-electron chi connectivity index (χ3n) is 5.43. The van der Waals surface area contributed by atoms with Gasteiger partial charge in [0, 0.05) is 56.2 Å². The van der Waals surface area contributed by atoms with Crippen LogP contribution < -0.4 is 5.32 Å². The number of halogens is 2. The Kier molecular flexibility index (Phi) is 7.29. The number of nitrogens with one attached hydrogen (secondary N) is 1. The van der Waals surface area contributed by atoms with E-state index in [1.807, 2.05) is 36.4 Å². The Labute approximate surface area is 191 Å². The van der Waals surface area contributed by atoms with Gasteiger partial charge in [0.2, 0.25) is 0 Å². The number of aromatic nitrogens is 3. The van der Waals surface area contributed by atoms with E-state index in [9.17, 15) is 9.18 Å². The number of hydrogen-bond acceptors (Lipinski definition) is 4. The third-order valence-corrected chi connectivity index (χ3v) is 5.66. The summed E-state index contributed by atoms with van der Waals surface area (Å²) >= 11 is 6.50. The molecule has 2 aromatic carbocycles. The molecule has 0 fully saturated rings. The average molecular weight is 454 g/mol. The second kappa shape index (κ2) is 10.5. The lowest BCUT2D eigenvalue weighted by Gasteiger charge is -2.19. The van der Waals surface area contributed by atoms with Crippen LogP contribution in [0.1, 0.15) is 27.6 Å². The SMILES string of the molecule is O=C(NCCc1nnc2n1CCN(CC(Cl)=Cc1ccccc1)CC2)c1ccc(F)cc1. The molecular formula is C24H25ClFN5O. The van der Waals surface area contributed by atoms with E-state index in [1.54, 1.807) is 0 Å². The van der Waals surface area contributed by atoms with E-state index in [-0.39, 0.29) is 11.7 Å². The summed E-state index contributed by atoms with van der Waals surface area (Å²) in [7, 11) is 0. The third kappa shape index (κ3) is 5.81. The summed E-state index contributed by atoms with van der Waals surface area (Å²) in [5, 5.41) is 12.3. The van der Waals surface area contributed by atoms with Gasteiger partial charge in [-0.15, -0.1) is 10.2 Å². The van der Waals surface area contributed by atoms with Crippen LogP contribution in [0.4, 0.5) is 4.39 Å². The van der Waals surface area contributed by atoms with Crippen molar-refractivity contribution < 1.29 is 9.18 Å². The van der Waals surface area contributed by atoms with Crippen molar-refractivity contribution in [3.63, 3.8) is 0 Å². The monoisotopic (exact) mass is 453 g/mol. The molecule has 166 valence electrons. The molecule has 0 bridgehead atoms. The Morgan fingerprint density at radius 1 is 1.06 bits per heavy atom. The van der Waals surface area contributed by atoms with Crippen LogP contribution >= 0.6 is 11.6 Å². The van der Waals surface area contributed by atoms with Crippen molar-refractivity contribution in [1.29, 1.82) is 0 Å². The number of hydrogen-bond donors (Lipinski definition) is 1. The predicted molar refractivity (Wildman–Crippen MR) is 123 cm³/mol. The van der Waals surface area contributed by atoms with Gasteiger partial charge >= 0.3 is 0 Å². The second-order valence-electron chi connectivity index (χ2n) is 7.72. The van der Waals surface area contributed by atoms with E-state index in [2.05, 4.69) is 25.0 Å². The summed E-state index contributed by atoms with van der Waals surface area (Å²) in [6.45, 7) is 3.61. The first kappa shape index (κ1) is 22.2. The fourth-order valence-electron chi connectivity index (χ4n) is 3.75. The molecule has 0 saturated heterocycles. The molecule has 1 aliphatic heterocycles. The van der Waals surface area contributed by atoms with E-state index in [4.69, 9.17) is 11.6 Å². The quantitative estimate of drug-likeness (QED) is 0.594. The van der Waals surface area contributed by atoms with Gasteiger partial charge in [0.15, 0.2) is 0 Å². The number of benzene rings is 2. The Balaban J connectivity index is 1.29. The number of amides is 1. The van der Waals surface area contributed by atoms with Crippen LogP contribution in [0.3, 0.4) is 0 Å². The van der Waals surface area contributed by atoms with Gasteiger partial charge in [-0.25, -0.2) is 4.39 Å². The van der Waals surface area contributed by atoms with Crippen LogP contribution in [0.15, 0.2) is 59.6 Å². The van der Waals surface area contributed by atoms with E-state index in [0.29, 0.717) is 25.1 Å². The van der Waals surface area contributed by atoms with E-state index < -0.39 is 0 Å². The predicted octanol–water partition coefficient (Wildman–Crippen LogP) is 3.53. The molecule has 6 nitrogen and oxygen atoms in total. The van der Waals surface area contributed by atoms with Crippen molar-refractivity contribution in [3.8, 4) is 0 Å². The van der Waals surface area contributed by atoms with E-state index in [0.717, 1.165) is 48.3 Å². The molecule has 1 amide bonds. The molecule has 1 aliphatic rings. The highest BCUT2D eigenvalue weighted by molar-refractivity contribution is 6.31. The summed E-state index contributed by atoms with van der Waals surface area (Å²) < 4.78 is 15.2. The topological polar surface area (TPSA) is 63.1 Å². The lowest BCUT2D eigenvalue weighted by molar-refractivity contribution is 0.0954. The van der Waals surface area contributed by atoms with Crippen LogP contribution in [-0.2, 0) is 19.4 Å². The molecule has 0 radical (unpaired) electrons. The highest BCUT2D eigenvalue weighted by Gasteiger charge is 2.19. The van der Waals surface area contributed by atoms with E-state index in [1.165, 1.54) is 24.3 Å². The van der Waals surface area contributed by atoms with Crippen LogP contribution in [0, 0.1) is 5.82 Å². The molecular weight excluding hydrogens is 429 g/mol. The van der Waals surface area contributed by atoms with Gasteiger partial charge in [-0.2, -0.15) is 0 Å². The minimum absolute atomic E-state index is 0.230. The first-order valence-electron chi connectivity index (χ1n) is 10.7. The van der Waals surface area contributed by atoms with Crippen molar-refractivity contribution >= 4 is 23.6 Å². The van der Waals surface area contributed by atoms with Crippen molar-refractivity contribution in [1.82, 2.24) is 25.0 Å². The Hall–Kier alpha value is -3.03. The minimum Gasteiger partial charge on any atom is -0.352 e. The maximum absolute atomic E-state index is 13.0. The Morgan fingerprint density at radius 3 is 2.62 bits per heavy atom. The summed E-state index contributed by atoms with van der Waals surface area (Å²) in [6.07, 6.45) is 3.38. The minimum atomic E-state index is -0.362. The van der Waals surface area contributed by atoms with E-state index >= 15 is 0 Å². The molecule has 1 aromatic heterocycles. The van der Waals surface area contributed by atoms with Crippen LogP contribution in [0.2, 0.25) is 0 Å². The maximum atomic E-state index is 13.0. The average Bonchev–Trinajstić information content (AvgIpc) is 3.07. The summed E-state index contributed by atoms with van der Waals surface area (Å²) in [5.74, 6) is 1.22. The number of rotatable bonds is 7. The molecule has 0 spiro atoms. The van der Waals surface area contributed by atoms with Gasteiger partial charge in [0.25, 0.3) is 5.91 Å². The first-order valence-corrected chi connectivity index (χ1v) is 11.0. The molecule has 0 atom stereocenters. The summed E-state index contributed by atoms with van der Waals surface area (Å²) in [5.41, 5.74) is 1.52. The van der Waals surface area contributed by atoms with Crippen molar-refractivity contribution in [3.05, 3.63) is 88.2 Å². The van der Waals surface area contributed by atoms with Crippen molar-refractivity contribution in [2.75, 3.05) is 26.2 Å². The number of nitrogens with zero attached hydrogens (tertiary/aromatic N) is 4. The Morgan fingerprint density at radius 2 is 1.84 bits per heavy atom. The van der Waals surface area contributed by atoms with Crippen molar-refractivity contribution in [2.45, 2.75) is 19.4 Å². The molecule has 0 aliphatic carbocycles. The lowest BCUT2D eigenvalue weighted by Crippen LogP contribution is -2.29. The molecule has 1 N–H and O–H groups in total. The number of fused-ring (bicyclic) bond motifs is 1. The lowest BCUT2D eigenvalue weighted by atomic mass is 10.2. The smallest absolute Gasteiger partial charge is 0.251 e. The molecule has 8 heteroatoms. The standard InChI is InChI=1S/C24H25ClFN5O/c25-20(16-18-4-2-1-3-5-18)17-30-13-11-23-29-28-22(31(23)15-14-30)10-12-27-24(32)19-6-8-21(26)9-7-19/h1-9,16H,10-15,17H2,(H,27,32). The van der Waals surface area contributed by atoms with Gasteiger partial charge in [-0.1, -0.05) is 41.9 Å². The fraction of sp³-hybridized carbons (Fsp3) is 0.292. The number of carbonyl (C=O) groups excluding carboxylic acids is 1. The second-order valence-corrected chi connectivity index (χ2v) is 8.21. The fourth-order valence-corrected chi connectivity index (χ4v) is 4.05. The normalized spacial score (nSPS) is 14.6. The van der Waals surface area contributed by atoms with Gasteiger partial charge in [-0.05, 0) is 35.9 Å². The summed E-state index contributed by atoms with van der Waals surface area (Å²) in [6, 6.07) is 15.6. The maximum Gasteiger partial charge on any atom is 0.251 e. The van der Waals surface area contributed by atoms with Crippen LogP contribution in [0.25, 0.3) is 6.08 Å². The summed E-state index contributed by atoms with van der Waals surface area (Å²) in [4.78, 5) is 14.5. The first-order chi connectivity index (χ1) is 15.6. The highest BCUT2D eigenvalue weighted by atomic mass is 35.5.